The highest BCUT2D eigenvalue weighted by Crippen LogP contribution is 2.27. The number of rotatable bonds is 5. The van der Waals surface area contributed by atoms with Crippen molar-refractivity contribution in [3.63, 3.8) is 0 Å². The summed E-state index contributed by atoms with van der Waals surface area (Å²) in [6, 6.07) is 28.8. The van der Waals surface area contributed by atoms with E-state index in [0.717, 1.165) is 16.8 Å². The maximum atomic E-state index is 13.2. The fraction of sp³-hybridized carbons (Fsp3) is 0. The van der Waals surface area contributed by atoms with Crippen LogP contribution in [0.4, 0.5) is 5.69 Å². The van der Waals surface area contributed by atoms with E-state index in [9.17, 15) is 14.4 Å². The summed E-state index contributed by atoms with van der Waals surface area (Å²) < 4.78 is 5.78. The predicted octanol–water partition coefficient (Wildman–Crippen LogP) is 5.19. The Labute approximate surface area is 206 Å². The number of ketones is 1. The summed E-state index contributed by atoms with van der Waals surface area (Å²) in [6.07, 6.45) is 1.06. The van der Waals surface area contributed by atoms with Gasteiger partial charge in [-0.05, 0) is 65.5 Å². The van der Waals surface area contributed by atoms with Crippen molar-refractivity contribution < 1.29 is 19.1 Å². The monoisotopic (exact) mass is 478 g/mol. The third-order valence-electron chi connectivity index (χ3n) is 5.48. The molecule has 6 nitrogen and oxygen atoms in total. The highest BCUT2D eigenvalue weighted by molar-refractivity contribution is 7.80. The van der Waals surface area contributed by atoms with Gasteiger partial charge in [-0.2, -0.15) is 0 Å². The van der Waals surface area contributed by atoms with E-state index in [1.165, 1.54) is 4.90 Å². The molecule has 170 valence electrons. The third-order valence-corrected chi connectivity index (χ3v) is 5.77. The molecule has 2 amide bonds. The Morgan fingerprint density at radius 2 is 1.46 bits per heavy atom. The summed E-state index contributed by atoms with van der Waals surface area (Å²) in [7, 11) is 0. The fourth-order valence-electron chi connectivity index (χ4n) is 3.74. The Morgan fingerprint density at radius 3 is 2.20 bits per heavy atom. The first-order valence-corrected chi connectivity index (χ1v) is 11.2. The molecule has 0 spiro atoms. The van der Waals surface area contributed by atoms with Crippen molar-refractivity contribution in [3.8, 4) is 11.5 Å². The molecule has 1 aliphatic rings. The van der Waals surface area contributed by atoms with Gasteiger partial charge in [-0.1, -0.05) is 54.6 Å². The minimum Gasteiger partial charge on any atom is -0.457 e. The molecule has 0 bridgehead atoms. The van der Waals surface area contributed by atoms with Gasteiger partial charge < -0.3 is 4.74 Å². The van der Waals surface area contributed by atoms with E-state index < -0.39 is 17.6 Å². The largest absolute Gasteiger partial charge is 0.457 e. The van der Waals surface area contributed by atoms with Crippen LogP contribution in [-0.4, -0.2) is 22.7 Å². The number of benzene rings is 4. The number of carbonyl (C=O) groups is 3. The zero-order valence-corrected chi connectivity index (χ0v) is 19.1. The second-order valence-electron chi connectivity index (χ2n) is 7.79. The normalized spacial score (nSPS) is 14.8. The molecule has 0 aromatic heterocycles. The minimum absolute atomic E-state index is 0.0629. The summed E-state index contributed by atoms with van der Waals surface area (Å²) in [4.78, 5) is 39.9. The zero-order valence-electron chi connectivity index (χ0n) is 18.3. The summed E-state index contributed by atoms with van der Waals surface area (Å²) in [5.74, 6) is -0.594. The van der Waals surface area contributed by atoms with Crippen LogP contribution in [-0.2, 0) is 9.59 Å². The SMILES string of the molecule is O=C1NC(=S)N(c2ccc(Oc3ccccc3)cc2)C(=O)C1=CC(=O)c1ccc2ccccc2c1. The minimum atomic E-state index is -0.713. The topological polar surface area (TPSA) is 75.7 Å². The van der Waals surface area contributed by atoms with Gasteiger partial charge in [0.15, 0.2) is 10.9 Å². The van der Waals surface area contributed by atoms with Crippen molar-refractivity contribution in [2.24, 2.45) is 0 Å². The van der Waals surface area contributed by atoms with E-state index in [2.05, 4.69) is 5.32 Å². The average Bonchev–Trinajstić information content (AvgIpc) is 2.87. The number of hydrogen-bond donors (Lipinski definition) is 1. The Hall–Kier alpha value is -4.62. The van der Waals surface area contributed by atoms with Crippen molar-refractivity contribution in [1.29, 1.82) is 0 Å². The van der Waals surface area contributed by atoms with Crippen molar-refractivity contribution in [1.82, 2.24) is 5.32 Å². The first-order chi connectivity index (χ1) is 17.0. The molecule has 0 radical (unpaired) electrons. The Balaban J connectivity index is 1.40. The number of carbonyl (C=O) groups excluding carboxylic acids is 3. The van der Waals surface area contributed by atoms with Crippen molar-refractivity contribution >= 4 is 51.4 Å². The van der Waals surface area contributed by atoms with Gasteiger partial charge in [0.1, 0.15) is 17.1 Å². The van der Waals surface area contributed by atoms with Gasteiger partial charge >= 0.3 is 0 Å². The molecule has 1 N–H and O–H groups in total. The van der Waals surface area contributed by atoms with E-state index in [4.69, 9.17) is 17.0 Å². The number of amides is 2. The van der Waals surface area contributed by atoms with Crippen LogP contribution in [0, 0.1) is 0 Å². The molecule has 1 fully saturated rings. The van der Waals surface area contributed by atoms with Crippen LogP contribution < -0.4 is 15.0 Å². The maximum absolute atomic E-state index is 13.2. The molecule has 1 aliphatic heterocycles. The molecule has 0 atom stereocenters. The molecular weight excluding hydrogens is 460 g/mol. The quantitative estimate of drug-likeness (QED) is 0.185. The number of hydrogen-bond acceptors (Lipinski definition) is 5. The number of anilines is 1. The molecule has 5 rings (SSSR count). The maximum Gasteiger partial charge on any atom is 0.270 e. The Bertz CT molecular complexity index is 1510. The molecule has 4 aromatic carbocycles. The highest BCUT2D eigenvalue weighted by Gasteiger charge is 2.35. The number of nitrogens with one attached hydrogen (secondary N) is 1. The van der Waals surface area contributed by atoms with Crippen LogP contribution >= 0.6 is 12.2 Å². The van der Waals surface area contributed by atoms with E-state index >= 15 is 0 Å². The predicted molar refractivity (Wildman–Crippen MR) is 138 cm³/mol. The highest BCUT2D eigenvalue weighted by atomic mass is 32.1. The lowest BCUT2D eigenvalue weighted by Gasteiger charge is -2.28. The van der Waals surface area contributed by atoms with Crippen LogP contribution in [0.3, 0.4) is 0 Å². The number of thiocarbonyl (C=S) groups is 1. The molecule has 35 heavy (non-hydrogen) atoms. The van der Waals surface area contributed by atoms with E-state index in [1.807, 2.05) is 60.7 Å². The van der Waals surface area contributed by atoms with Crippen molar-refractivity contribution in [2.45, 2.75) is 0 Å². The standard InChI is InChI=1S/C28H18N2O4S/c31-25(20-11-10-18-6-4-5-7-19(18)16-20)17-24-26(32)29-28(35)30(27(24)33)21-12-14-23(15-13-21)34-22-8-2-1-3-9-22/h1-17H,(H,29,32,35). The first kappa shape index (κ1) is 22.2. The molecule has 0 saturated carbocycles. The summed E-state index contributed by atoms with van der Waals surface area (Å²) in [6.45, 7) is 0. The Morgan fingerprint density at radius 1 is 0.800 bits per heavy atom. The van der Waals surface area contributed by atoms with E-state index in [1.54, 1.807) is 36.4 Å². The summed E-state index contributed by atoms with van der Waals surface area (Å²) >= 11 is 5.24. The fourth-order valence-corrected chi connectivity index (χ4v) is 4.02. The molecule has 0 aliphatic carbocycles. The number of allylic oxidation sites excluding steroid dienone is 1. The molecule has 0 unspecified atom stereocenters. The van der Waals surface area contributed by atoms with Gasteiger partial charge in [0.25, 0.3) is 11.8 Å². The summed E-state index contributed by atoms with van der Waals surface area (Å²) in [5, 5.41) is 4.30. The van der Waals surface area contributed by atoms with E-state index in [-0.39, 0.29) is 10.7 Å². The Kier molecular flexibility index (Phi) is 5.91. The number of fused-ring (bicyclic) bond motifs is 1. The second kappa shape index (κ2) is 9.32. The van der Waals surface area contributed by atoms with Gasteiger partial charge in [-0.25, -0.2) is 0 Å². The zero-order chi connectivity index (χ0) is 24.4. The van der Waals surface area contributed by atoms with Gasteiger partial charge in [0.05, 0.1) is 5.69 Å². The van der Waals surface area contributed by atoms with Gasteiger partial charge in [0.2, 0.25) is 0 Å². The molecule has 7 heteroatoms. The summed E-state index contributed by atoms with van der Waals surface area (Å²) in [5.41, 5.74) is 0.518. The molecule has 4 aromatic rings. The number of ether oxygens (including phenoxy) is 1. The van der Waals surface area contributed by atoms with E-state index in [0.29, 0.717) is 22.7 Å². The molecule has 1 saturated heterocycles. The lowest BCUT2D eigenvalue weighted by molar-refractivity contribution is -0.122. The lowest BCUT2D eigenvalue weighted by Crippen LogP contribution is -2.54. The van der Waals surface area contributed by atoms with Crippen molar-refractivity contribution in [3.05, 3.63) is 114 Å². The van der Waals surface area contributed by atoms with Crippen LogP contribution in [0.2, 0.25) is 0 Å². The van der Waals surface area contributed by atoms with Crippen LogP contribution in [0.5, 0.6) is 11.5 Å². The second-order valence-corrected chi connectivity index (χ2v) is 8.18. The van der Waals surface area contributed by atoms with Crippen LogP contribution in [0.25, 0.3) is 10.8 Å². The smallest absolute Gasteiger partial charge is 0.270 e. The van der Waals surface area contributed by atoms with Crippen LogP contribution in [0.15, 0.2) is 109 Å². The average molecular weight is 479 g/mol. The molecular formula is C28H18N2O4S. The first-order valence-electron chi connectivity index (χ1n) is 10.8. The third kappa shape index (κ3) is 4.58. The van der Waals surface area contributed by atoms with Crippen LogP contribution in [0.1, 0.15) is 10.4 Å². The lowest BCUT2D eigenvalue weighted by atomic mass is 10.0. The number of para-hydroxylation sites is 1. The number of nitrogens with zero attached hydrogens (tertiary/aromatic N) is 1. The van der Waals surface area contributed by atoms with Gasteiger partial charge in [-0.3, -0.25) is 24.6 Å². The van der Waals surface area contributed by atoms with Crippen molar-refractivity contribution in [2.75, 3.05) is 4.90 Å². The van der Waals surface area contributed by atoms with Gasteiger partial charge in [-0.15, -0.1) is 0 Å². The molecule has 1 heterocycles. The van der Waals surface area contributed by atoms with Gasteiger partial charge in [0, 0.05) is 11.6 Å².